The van der Waals surface area contributed by atoms with Gasteiger partial charge in [-0.3, -0.25) is 0 Å². The van der Waals surface area contributed by atoms with Gasteiger partial charge in [-0.15, -0.1) is 0 Å². The Kier molecular flexibility index (Phi) is 6.45. The minimum Gasteiger partial charge on any atom is -0.506 e. The third-order valence-corrected chi connectivity index (χ3v) is 2.87. The van der Waals surface area contributed by atoms with Crippen molar-refractivity contribution in [3.05, 3.63) is 28.2 Å². The first kappa shape index (κ1) is 13.5. The number of ether oxygens (including phenoxy) is 1. The van der Waals surface area contributed by atoms with Crippen LogP contribution in [0, 0.1) is 0 Å². The number of hydrogen-bond acceptors (Lipinski definition) is 3. The van der Waals surface area contributed by atoms with Gasteiger partial charge in [0, 0.05) is 25.3 Å². The summed E-state index contributed by atoms with van der Waals surface area (Å²) in [4.78, 5) is 0. The Bertz CT molecular complexity index is 318. The van der Waals surface area contributed by atoms with Crippen LogP contribution in [0.1, 0.15) is 18.9 Å². The van der Waals surface area contributed by atoms with Crippen molar-refractivity contribution < 1.29 is 9.84 Å². The van der Waals surface area contributed by atoms with E-state index in [1.54, 1.807) is 0 Å². The van der Waals surface area contributed by atoms with Crippen LogP contribution in [0.4, 0.5) is 0 Å². The van der Waals surface area contributed by atoms with Crippen molar-refractivity contribution in [3.63, 3.8) is 0 Å². The number of hydrogen-bond donors (Lipinski definition) is 2. The third-order valence-electron chi connectivity index (χ3n) is 2.23. The number of halogens is 1. The quantitative estimate of drug-likeness (QED) is 0.758. The van der Waals surface area contributed by atoms with Gasteiger partial charge in [0.25, 0.3) is 0 Å². The molecule has 16 heavy (non-hydrogen) atoms. The smallest absolute Gasteiger partial charge is 0.134 e. The highest BCUT2D eigenvalue weighted by Gasteiger charge is 2.03. The Morgan fingerprint density at radius 2 is 2.25 bits per heavy atom. The van der Waals surface area contributed by atoms with Gasteiger partial charge in [0.1, 0.15) is 5.75 Å². The molecule has 0 unspecified atom stereocenters. The van der Waals surface area contributed by atoms with Gasteiger partial charge < -0.3 is 15.2 Å². The van der Waals surface area contributed by atoms with Crippen LogP contribution in [-0.4, -0.2) is 24.9 Å². The maximum absolute atomic E-state index is 9.73. The largest absolute Gasteiger partial charge is 0.506 e. The first-order chi connectivity index (χ1) is 7.75. The van der Waals surface area contributed by atoms with E-state index in [0.717, 1.165) is 36.2 Å². The molecule has 0 saturated carbocycles. The van der Waals surface area contributed by atoms with Gasteiger partial charge in [-0.2, -0.15) is 0 Å². The molecule has 3 nitrogen and oxygen atoms in total. The highest BCUT2D eigenvalue weighted by Crippen LogP contribution is 2.26. The summed E-state index contributed by atoms with van der Waals surface area (Å²) in [6.07, 6.45) is 0.989. The van der Waals surface area contributed by atoms with E-state index in [1.165, 1.54) is 0 Å². The Hall–Kier alpha value is -0.580. The molecule has 0 atom stereocenters. The molecular formula is C12H18BrNO2. The summed E-state index contributed by atoms with van der Waals surface area (Å²) in [6, 6.07) is 5.66. The van der Waals surface area contributed by atoms with Gasteiger partial charge in [-0.25, -0.2) is 0 Å². The van der Waals surface area contributed by atoms with E-state index in [9.17, 15) is 5.11 Å². The first-order valence-electron chi connectivity index (χ1n) is 5.50. The van der Waals surface area contributed by atoms with E-state index in [2.05, 4.69) is 21.2 Å². The van der Waals surface area contributed by atoms with Crippen LogP contribution in [0.3, 0.4) is 0 Å². The molecule has 0 aliphatic rings. The molecule has 0 radical (unpaired) electrons. The monoisotopic (exact) mass is 287 g/mol. The molecule has 1 aromatic rings. The fraction of sp³-hybridized carbons (Fsp3) is 0.500. The Balaban J connectivity index is 2.24. The second kappa shape index (κ2) is 7.65. The van der Waals surface area contributed by atoms with Crippen molar-refractivity contribution in [3.8, 4) is 5.75 Å². The number of phenols is 1. The van der Waals surface area contributed by atoms with E-state index in [0.29, 0.717) is 12.3 Å². The summed E-state index contributed by atoms with van der Waals surface area (Å²) in [5.41, 5.74) is 0.908. The maximum atomic E-state index is 9.73. The Labute approximate surface area is 105 Å². The van der Waals surface area contributed by atoms with Crippen LogP contribution in [0.25, 0.3) is 0 Å². The van der Waals surface area contributed by atoms with Gasteiger partial charge in [-0.05, 0) is 41.9 Å². The van der Waals surface area contributed by atoms with Gasteiger partial charge in [0.2, 0.25) is 0 Å². The van der Waals surface area contributed by atoms with E-state index in [1.807, 2.05) is 25.1 Å². The summed E-state index contributed by atoms with van der Waals surface area (Å²) in [6.45, 7) is 5.12. The zero-order chi connectivity index (χ0) is 11.8. The van der Waals surface area contributed by atoms with Crippen LogP contribution in [0.5, 0.6) is 5.75 Å². The van der Waals surface area contributed by atoms with Crippen molar-refractivity contribution >= 4 is 15.9 Å². The minimum atomic E-state index is 0.319. The third kappa shape index (κ3) is 4.51. The highest BCUT2D eigenvalue weighted by atomic mass is 79.9. The van der Waals surface area contributed by atoms with Crippen LogP contribution < -0.4 is 5.32 Å². The average molecular weight is 288 g/mol. The molecule has 0 aliphatic carbocycles. The molecule has 0 heterocycles. The second-order valence-electron chi connectivity index (χ2n) is 3.47. The molecule has 0 aliphatic heterocycles. The molecule has 0 bridgehead atoms. The van der Waals surface area contributed by atoms with Gasteiger partial charge >= 0.3 is 0 Å². The molecule has 2 N–H and O–H groups in total. The zero-order valence-corrected chi connectivity index (χ0v) is 11.1. The number of benzene rings is 1. The molecule has 1 aromatic carbocycles. The van der Waals surface area contributed by atoms with Gasteiger partial charge in [0.15, 0.2) is 0 Å². The van der Waals surface area contributed by atoms with Crippen molar-refractivity contribution in [1.29, 1.82) is 0 Å². The summed E-state index contributed by atoms with van der Waals surface area (Å²) < 4.78 is 5.97. The SMILES string of the molecule is CCOCCCNCc1cccc(Br)c1O. The molecule has 90 valence electrons. The number of rotatable bonds is 7. The van der Waals surface area contributed by atoms with Crippen LogP contribution in [0.15, 0.2) is 22.7 Å². The molecule has 0 aromatic heterocycles. The number of para-hydroxylation sites is 1. The standard InChI is InChI=1S/C12H18BrNO2/c1-2-16-8-4-7-14-9-10-5-3-6-11(13)12(10)15/h3,5-6,14-15H,2,4,7-9H2,1H3. The summed E-state index contributed by atoms with van der Waals surface area (Å²) in [5.74, 6) is 0.319. The fourth-order valence-electron chi connectivity index (χ4n) is 1.37. The van der Waals surface area contributed by atoms with E-state index < -0.39 is 0 Å². The van der Waals surface area contributed by atoms with Gasteiger partial charge in [0.05, 0.1) is 4.47 Å². The lowest BCUT2D eigenvalue weighted by atomic mass is 10.2. The summed E-state index contributed by atoms with van der Waals surface area (Å²) >= 11 is 3.29. The van der Waals surface area contributed by atoms with Crippen LogP contribution in [-0.2, 0) is 11.3 Å². The lowest BCUT2D eigenvalue weighted by molar-refractivity contribution is 0.144. The first-order valence-corrected chi connectivity index (χ1v) is 6.29. The van der Waals surface area contributed by atoms with Crippen molar-refractivity contribution in [1.82, 2.24) is 5.32 Å². The fourth-order valence-corrected chi connectivity index (χ4v) is 1.78. The molecule has 0 amide bonds. The van der Waals surface area contributed by atoms with Crippen molar-refractivity contribution in [2.45, 2.75) is 19.9 Å². The van der Waals surface area contributed by atoms with Crippen molar-refractivity contribution in [2.75, 3.05) is 19.8 Å². The molecule has 4 heteroatoms. The lowest BCUT2D eigenvalue weighted by Crippen LogP contribution is -2.16. The Morgan fingerprint density at radius 1 is 1.44 bits per heavy atom. The number of nitrogens with one attached hydrogen (secondary N) is 1. The van der Waals surface area contributed by atoms with Crippen LogP contribution >= 0.6 is 15.9 Å². The zero-order valence-electron chi connectivity index (χ0n) is 9.50. The second-order valence-corrected chi connectivity index (χ2v) is 4.33. The maximum Gasteiger partial charge on any atom is 0.134 e. The van der Waals surface area contributed by atoms with Crippen LogP contribution in [0.2, 0.25) is 0 Å². The predicted molar refractivity (Wildman–Crippen MR) is 68.6 cm³/mol. The van der Waals surface area contributed by atoms with Crippen molar-refractivity contribution in [2.24, 2.45) is 0 Å². The minimum absolute atomic E-state index is 0.319. The summed E-state index contributed by atoms with van der Waals surface area (Å²) in [5, 5.41) is 13.0. The molecule has 1 rings (SSSR count). The highest BCUT2D eigenvalue weighted by molar-refractivity contribution is 9.10. The number of phenolic OH excluding ortho intramolecular Hbond substituents is 1. The average Bonchev–Trinajstić information content (AvgIpc) is 2.29. The van der Waals surface area contributed by atoms with E-state index >= 15 is 0 Å². The molecular weight excluding hydrogens is 270 g/mol. The lowest BCUT2D eigenvalue weighted by Gasteiger charge is -2.07. The summed E-state index contributed by atoms with van der Waals surface area (Å²) in [7, 11) is 0. The molecule has 0 fully saturated rings. The number of aromatic hydroxyl groups is 1. The predicted octanol–water partition coefficient (Wildman–Crippen LogP) is 2.67. The van der Waals surface area contributed by atoms with E-state index in [-0.39, 0.29) is 0 Å². The molecule has 0 spiro atoms. The normalized spacial score (nSPS) is 10.6. The van der Waals surface area contributed by atoms with Gasteiger partial charge in [-0.1, -0.05) is 12.1 Å². The molecule has 0 saturated heterocycles. The topological polar surface area (TPSA) is 41.5 Å². The Morgan fingerprint density at radius 3 is 3.00 bits per heavy atom. The van der Waals surface area contributed by atoms with E-state index in [4.69, 9.17) is 4.74 Å².